The van der Waals surface area contributed by atoms with Gasteiger partial charge in [0.2, 0.25) is 5.91 Å². The van der Waals surface area contributed by atoms with Crippen LogP contribution in [0.1, 0.15) is 29.7 Å². The molecule has 0 spiro atoms. The van der Waals surface area contributed by atoms with Gasteiger partial charge < -0.3 is 19.9 Å². The number of ether oxygens (including phenoxy) is 1. The Labute approximate surface area is 223 Å². The van der Waals surface area contributed by atoms with Crippen LogP contribution in [-0.2, 0) is 17.5 Å². The van der Waals surface area contributed by atoms with Crippen LogP contribution < -0.4 is 20.5 Å². The highest BCUT2D eigenvalue weighted by molar-refractivity contribution is 5.79. The molecule has 14 heteroatoms. The van der Waals surface area contributed by atoms with Crippen molar-refractivity contribution in [2.24, 2.45) is 5.92 Å². The number of hydrogen-bond acceptors (Lipinski definition) is 5. The van der Waals surface area contributed by atoms with Gasteiger partial charge in [-0.1, -0.05) is 6.07 Å². The van der Waals surface area contributed by atoms with Gasteiger partial charge in [-0.2, -0.15) is 13.2 Å². The first-order chi connectivity index (χ1) is 18.7. The number of aromatic amines is 1. The van der Waals surface area contributed by atoms with Gasteiger partial charge in [0.15, 0.2) is 0 Å². The largest absolute Gasteiger partial charge is 0.573 e. The van der Waals surface area contributed by atoms with Crippen LogP contribution in [-0.4, -0.2) is 35.3 Å². The second kappa shape index (κ2) is 11.2. The number of aromatic nitrogens is 2. The summed E-state index contributed by atoms with van der Waals surface area (Å²) in [6.07, 6.45) is -8.95. The SMILES string of the molecule is Cc1cc(=O)[nH]c(-c2c(C(F)(F)F)ccc(CNC(=O)C3CCN(c4ccc(OC(F)(F)F)cc4)CC3)c2F)n1. The number of carbonyl (C=O) groups excluding carboxylic acids is 1. The van der Waals surface area contributed by atoms with Crippen molar-refractivity contribution in [1.82, 2.24) is 15.3 Å². The average Bonchev–Trinajstić information content (AvgIpc) is 2.86. The molecule has 2 heterocycles. The Morgan fingerprint density at radius 3 is 2.30 bits per heavy atom. The van der Waals surface area contributed by atoms with Crippen molar-refractivity contribution in [3.05, 3.63) is 75.5 Å². The highest BCUT2D eigenvalue weighted by atomic mass is 19.4. The second-order valence-corrected chi connectivity index (χ2v) is 9.22. The zero-order valence-corrected chi connectivity index (χ0v) is 20.9. The number of carbonyl (C=O) groups is 1. The zero-order valence-electron chi connectivity index (χ0n) is 20.9. The Balaban J connectivity index is 1.42. The standard InChI is InChI=1S/C26H23F7N4O3/c1-14-12-20(38)36-23(35-14)21-19(25(28,29)30)7-2-16(22(21)27)13-34-24(39)15-8-10-37(11-9-15)17-3-5-18(6-4-17)40-26(31,32)33/h2-7,12,15H,8-11,13H2,1H3,(H,34,39)(H,35,36,38). The number of amides is 1. The first-order valence-electron chi connectivity index (χ1n) is 12.1. The third kappa shape index (κ3) is 6.90. The van der Waals surface area contributed by atoms with E-state index in [1.165, 1.54) is 31.2 Å². The van der Waals surface area contributed by atoms with Crippen molar-refractivity contribution in [1.29, 1.82) is 0 Å². The fourth-order valence-electron chi connectivity index (χ4n) is 4.51. The maximum absolute atomic E-state index is 15.4. The number of anilines is 1. The predicted molar refractivity (Wildman–Crippen MR) is 130 cm³/mol. The quantitative estimate of drug-likeness (QED) is 0.390. The van der Waals surface area contributed by atoms with Crippen LogP contribution in [0, 0.1) is 18.7 Å². The summed E-state index contributed by atoms with van der Waals surface area (Å²) in [6, 6.07) is 7.98. The van der Waals surface area contributed by atoms with Crippen molar-refractivity contribution in [3.8, 4) is 17.1 Å². The lowest BCUT2D eigenvalue weighted by molar-refractivity contribution is -0.274. The molecule has 4 rings (SSSR count). The van der Waals surface area contributed by atoms with Crippen molar-refractivity contribution in [2.45, 2.75) is 38.8 Å². The van der Waals surface area contributed by atoms with E-state index in [4.69, 9.17) is 0 Å². The van der Waals surface area contributed by atoms with E-state index < -0.39 is 59.2 Å². The number of aryl methyl sites for hydroxylation is 1. The van der Waals surface area contributed by atoms with Crippen LogP contribution in [0.5, 0.6) is 5.75 Å². The molecule has 1 aromatic heterocycles. The second-order valence-electron chi connectivity index (χ2n) is 9.22. The number of H-pyrrole nitrogens is 1. The Kier molecular flexibility index (Phi) is 8.08. The van der Waals surface area contributed by atoms with E-state index in [0.29, 0.717) is 37.7 Å². The topological polar surface area (TPSA) is 87.3 Å². The van der Waals surface area contributed by atoms with E-state index in [1.54, 1.807) is 0 Å². The van der Waals surface area contributed by atoms with E-state index in [0.717, 1.165) is 12.1 Å². The molecule has 2 N–H and O–H groups in total. The van der Waals surface area contributed by atoms with Gasteiger partial charge >= 0.3 is 12.5 Å². The molecular formula is C26H23F7N4O3. The summed E-state index contributed by atoms with van der Waals surface area (Å²) in [5.74, 6) is -3.08. The van der Waals surface area contributed by atoms with Crippen LogP contribution in [0.25, 0.3) is 11.4 Å². The summed E-state index contributed by atoms with van der Waals surface area (Å²) in [5.41, 5.74) is -2.46. The van der Waals surface area contributed by atoms with E-state index in [-0.39, 0.29) is 17.0 Å². The van der Waals surface area contributed by atoms with E-state index in [1.807, 2.05) is 4.90 Å². The minimum absolute atomic E-state index is 0.0990. The van der Waals surface area contributed by atoms with Gasteiger partial charge in [0.05, 0.1) is 11.1 Å². The van der Waals surface area contributed by atoms with Crippen molar-refractivity contribution in [3.63, 3.8) is 0 Å². The first kappa shape index (κ1) is 28.9. The van der Waals surface area contributed by atoms with Crippen molar-refractivity contribution < 1.29 is 40.3 Å². The minimum Gasteiger partial charge on any atom is -0.406 e. The molecule has 0 aliphatic carbocycles. The number of nitrogens with zero attached hydrogens (tertiary/aromatic N) is 2. The predicted octanol–water partition coefficient (Wildman–Crippen LogP) is 5.33. The smallest absolute Gasteiger partial charge is 0.406 e. The molecule has 1 aliphatic heterocycles. The number of benzene rings is 2. The van der Waals surface area contributed by atoms with Crippen molar-refractivity contribution >= 4 is 11.6 Å². The average molecular weight is 572 g/mol. The Bertz CT molecular complexity index is 1430. The number of rotatable bonds is 6. The van der Waals surface area contributed by atoms with Gasteiger partial charge in [0.25, 0.3) is 5.56 Å². The minimum atomic E-state index is -4.93. The van der Waals surface area contributed by atoms with Gasteiger partial charge in [-0.05, 0) is 50.1 Å². The molecule has 214 valence electrons. The number of alkyl halides is 6. The molecule has 0 bridgehead atoms. The van der Waals surface area contributed by atoms with Crippen molar-refractivity contribution in [2.75, 3.05) is 18.0 Å². The molecule has 0 saturated carbocycles. The maximum Gasteiger partial charge on any atom is 0.573 e. The maximum atomic E-state index is 15.4. The van der Waals surface area contributed by atoms with Crippen LogP contribution in [0.3, 0.4) is 0 Å². The lowest BCUT2D eigenvalue weighted by Crippen LogP contribution is -2.40. The fraction of sp³-hybridized carbons (Fsp3) is 0.346. The number of nitrogens with one attached hydrogen (secondary N) is 2. The molecule has 0 unspecified atom stereocenters. The van der Waals surface area contributed by atoms with Gasteiger partial charge in [0.1, 0.15) is 17.4 Å². The Hall–Kier alpha value is -4.10. The number of piperidine rings is 1. The monoisotopic (exact) mass is 572 g/mol. The third-order valence-corrected chi connectivity index (χ3v) is 6.39. The van der Waals surface area contributed by atoms with E-state index in [2.05, 4.69) is 20.0 Å². The molecule has 1 fully saturated rings. The van der Waals surface area contributed by atoms with Crippen LogP contribution in [0.2, 0.25) is 0 Å². The highest BCUT2D eigenvalue weighted by Crippen LogP contribution is 2.38. The normalized spacial score (nSPS) is 14.8. The number of halogens is 7. The molecule has 40 heavy (non-hydrogen) atoms. The molecule has 2 aromatic carbocycles. The summed E-state index contributed by atoms with van der Waals surface area (Å²) < 4.78 is 97.2. The summed E-state index contributed by atoms with van der Waals surface area (Å²) in [6.45, 7) is 1.83. The summed E-state index contributed by atoms with van der Waals surface area (Å²) >= 11 is 0. The van der Waals surface area contributed by atoms with Crippen LogP contribution in [0.4, 0.5) is 36.4 Å². The lowest BCUT2D eigenvalue weighted by Gasteiger charge is -2.33. The van der Waals surface area contributed by atoms with Gasteiger partial charge in [-0.25, -0.2) is 9.37 Å². The highest BCUT2D eigenvalue weighted by Gasteiger charge is 2.37. The van der Waals surface area contributed by atoms with Gasteiger partial charge in [-0.3, -0.25) is 9.59 Å². The summed E-state index contributed by atoms with van der Waals surface area (Å²) in [4.78, 5) is 32.4. The molecule has 1 saturated heterocycles. The molecule has 0 atom stereocenters. The third-order valence-electron chi connectivity index (χ3n) is 6.39. The molecule has 1 amide bonds. The fourth-order valence-corrected chi connectivity index (χ4v) is 4.51. The summed E-state index contributed by atoms with van der Waals surface area (Å²) in [7, 11) is 0. The van der Waals surface area contributed by atoms with E-state index in [9.17, 15) is 35.9 Å². The van der Waals surface area contributed by atoms with Gasteiger partial charge in [-0.15, -0.1) is 13.2 Å². The van der Waals surface area contributed by atoms with E-state index >= 15 is 4.39 Å². The van der Waals surface area contributed by atoms with Crippen LogP contribution >= 0.6 is 0 Å². The molecule has 3 aromatic rings. The lowest BCUT2D eigenvalue weighted by atomic mass is 9.95. The molecule has 0 radical (unpaired) electrons. The first-order valence-corrected chi connectivity index (χ1v) is 12.1. The van der Waals surface area contributed by atoms with Crippen LogP contribution in [0.15, 0.2) is 47.3 Å². The summed E-state index contributed by atoms with van der Waals surface area (Å²) in [5, 5.41) is 2.56. The Morgan fingerprint density at radius 1 is 1.07 bits per heavy atom. The zero-order chi connectivity index (χ0) is 29.2. The molecule has 1 aliphatic rings. The molecule has 7 nitrogen and oxygen atoms in total. The Morgan fingerprint density at radius 2 is 1.73 bits per heavy atom. The molecular weight excluding hydrogens is 549 g/mol. The van der Waals surface area contributed by atoms with Gasteiger partial charge in [0, 0.05) is 48.6 Å². The number of hydrogen-bond donors (Lipinski definition) is 2.